The number of anilines is 1. The first-order valence-corrected chi connectivity index (χ1v) is 8.33. The first kappa shape index (κ1) is 17.0. The van der Waals surface area contributed by atoms with Crippen molar-refractivity contribution in [2.75, 3.05) is 18.6 Å². The van der Waals surface area contributed by atoms with Crippen LogP contribution in [0.4, 0.5) is 5.69 Å². The molecule has 2 amide bonds. The summed E-state index contributed by atoms with van der Waals surface area (Å²) in [5.41, 5.74) is 3.70. The number of carbonyl (C=O) groups excluding carboxylic acids is 2. The summed E-state index contributed by atoms with van der Waals surface area (Å²) in [7, 11) is 1.55. The molecule has 1 aliphatic heterocycles. The van der Waals surface area contributed by atoms with Crippen LogP contribution in [0.2, 0.25) is 0 Å². The maximum absolute atomic E-state index is 12.7. The Kier molecular flexibility index (Phi) is 4.74. The highest BCUT2D eigenvalue weighted by atomic mass is 16.5. The molecule has 0 aliphatic carbocycles. The third-order valence-corrected chi connectivity index (χ3v) is 4.64. The summed E-state index contributed by atoms with van der Waals surface area (Å²) in [6.07, 6.45) is 0.599. The molecule has 1 fully saturated rings. The molecule has 2 aromatic carbocycles. The number of nitrogens with zero attached hydrogens (tertiary/aromatic N) is 1. The number of amides is 2. The summed E-state index contributed by atoms with van der Waals surface area (Å²) in [6, 6.07) is 12.4. The molecule has 25 heavy (non-hydrogen) atoms. The van der Waals surface area contributed by atoms with E-state index in [9.17, 15) is 9.59 Å². The van der Waals surface area contributed by atoms with Gasteiger partial charge in [-0.2, -0.15) is 0 Å². The predicted molar refractivity (Wildman–Crippen MR) is 97.1 cm³/mol. The van der Waals surface area contributed by atoms with E-state index in [2.05, 4.69) is 5.32 Å². The minimum atomic E-state index is -0.500. The largest absolute Gasteiger partial charge is 0.497 e. The second kappa shape index (κ2) is 6.97. The molecule has 0 bridgehead atoms. The molecule has 130 valence electrons. The van der Waals surface area contributed by atoms with Gasteiger partial charge in [0.05, 0.1) is 7.11 Å². The third kappa shape index (κ3) is 3.50. The van der Waals surface area contributed by atoms with Gasteiger partial charge in [0.2, 0.25) is 5.91 Å². The molecule has 2 aromatic rings. The van der Waals surface area contributed by atoms with E-state index in [1.165, 1.54) is 5.56 Å². The fourth-order valence-corrected chi connectivity index (χ4v) is 2.97. The third-order valence-electron chi connectivity index (χ3n) is 4.64. The first-order chi connectivity index (χ1) is 12.0. The van der Waals surface area contributed by atoms with Crippen molar-refractivity contribution in [1.29, 1.82) is 0 Å². The standard InChI is InChI=1S/C20H22N2O3/c1-13-7-8-16(11-14(13)2)22-10-9-18(20(22)24)21-19(23)15-5-4-6-17(12-15)25-3/h4-8,11-12,18H,9-10H2,1-3H3,(H,21,23). The fourth-order valence-electron chi connectivity index (χ4n) is 2.97. The van der Waals surface area contributed by atoms with Crippen LogP contribution in [0.5, 0.6) is 5.75 Å². The molecular weight excluding hydrogens is 316 g/mol. The minimum Gasteiger partial charge on any atom is -0.497 e. The Morgan fingerprint density at radius 3 is 2.68 bits per heavy atom. The van der Waals surface area contributed by atoms with Crippen LogP contribution < -0.4 is 15.0 Å². The number of aryl methyl sites for hydroxylation is 2. The highest BCUT2D eigenvalue weighted by Crippen LogP contribution is 2.24. The zero-order valence-corrected chi connectivity index (χ0v) is 14.7. The molecule has 0 aromatic heterocycles. The first-order valence-electron chi connectivity index (χ1n) is 8.33. The number of ether oxygens (including phenoxy) is 1. The Balaban J connectivity index is 1.71. The van der Waals surface area contributed by atoms with Crippen molar-refractivity contribution in [1.82, 2.24) is 5.32 Å². The van der Waals surface area contributed by atoms with Gasteiger partial charge in [-0.3, -0.25) is 9.59 Å². The zero-order chi connectivity index (χ0) is 18.0. The van der Waals surface area contributed by atoms with Crippen LogP contribution >= 0.6 is 0 Å². The molecule has 5 nitrogen and oxygen atoms in total. The average Bonchev–Trinajstić information content (AvgIpc) is 2.98. The van der Waals surface area contributed by atoms with Crippen LogP contribution in [0.1, 0.15) is 27.9 Å². The average molecular weight is 338 g/mol. The van der Waals surface area contributed by atoms with Gasteiger partial charge < -0.3 is 15.0 Å². The van der Waals surface area contributed by atoms with Crippen LogP contribution in [-0.4, -0.2) is 31.5 Å². The summed E-state index contributed by atoms with van der Waals surface area (Å²) in [5.74, 6) is 0.279. The van der Waals surface area contributed by atoms with E-state index in [0.29, 0.717) is 24.3 Å². The van der Waals surface area contributed by atoms with Crippen molar-refractivity contribution in [3.05, 3.63) is 59.2 Å². The lowest BCUT2D eigenvalue weighted by molar-refractivity contribution is -0.118. The molecule has 0 saturated carbocycles. The van der Waals surface area contributed by atoms with Crippen LogP contribution in [0.3, 0.4) is 0 Å². The Hall–Kier alpha value is -2.82. The van der Waals surface area contributed by atoms with Gasteiger partial charge >= 0.3 is 0 Å². The minimum absolute atomic E-state index is 0.0699. The number of carbonyl (C=O) groups is 2. The number of rotatable bonds is 4. The fraction of sp³-hybridized carbons (Fsp3) is 0.300. The number of benzene rings is 2. The molecule has 1 heterocycles. The maximum atomic E-state index is 12.7. The van der Waals surface area contributed by atoms with Crippen LogP contribution in [0.25, 0.3) is 0 Å². The van der Waals surface area contributed by atoms with Crippen LogP contribution in [0.15, 0.2) is 42.5 Å². The Labute approximate surface area is 147 Å². The van der Waals surface area contributed by atoms with E-state index in [1.54, 1.807) is 36.3 Å². The SMILES string of the molecule is COc1cccc(C(=O)NC2CCN(c3ccc(C)c(C)c3)C2=O)c1. The van der Waals surface area contributed by atoms with E-state index in [1.807, 2.05) is 32.0 Å². The van der Waals surface area contributed by atoms with E-state index in [0.717, 1.165) is 11.3 Å². The van der Waals surface area contributed by atoms with Crippen molar-refractivity contribution in [3.63, 3.8) is 0 Å². The molecule has 5 heteroatoms. The summed E-state index contributed by atoms with van der Waals surface area (Å²) < 4.78 is 5.14. The smallest absolute Gasteiger partial charge is 0.252 e. The maximum Gasteiger partial charge on any atom is 0.252 e. The normalized spacial score (nSPS) is 16.8. The van der Waals surface area contributed by atoms with Gasteiger partial charge in [-0.1, -0.05) is 12.1 Å². The summed E-state index contributed by atoms with van der Waals surface area (Å²) >= 11 is 0. The summed E-state index contributed by atoms with van der Waals surface area (Å²) in [4.78, 5) is 26.8. The van der Waals surface area contributed by atoms with Gasteiger partial charge in [0, 0.05) is 17.8 Å². The lowest BCUT2D eigenvalue weighted by atomic mass is 10.1. The molecule has 0 spiro atoms. The van der Waals surface area contributed by atoms with Gasteiger partial charge in [-0.15, -0.1) is 0 Å². The Morgan fingerprint density at radius 1 is 1.16 bits per heavy atom. The zero-order valence-electron chi connectivity index (χ0n) is 14.7. The topological polar surface area (TPSA) is 58.6 Å². The van der Waals surface area contributed by atoms with E-state index in [-0.39, 0.29) is 11.8 Å². The number of nitrogens with one attached hydrogen (secondary N) is 1. The Morgan fingerprint density at radius 2 is 1.96 bits per heavy atom. The molecule has 3 rings (SSSR count). The van der Waals surface area contributed by atoms with Crippen molar-refractivity contribution in [2.24, 2.45) is 0 Å². The van der Waals surface area contributed by atoms with Crippen LogP contribution in [-0.2, 0) is 4.79 Å². The van der Waals surface area contributed by atoms with Crippen molar-refractivity contribution in [3.8, 4) is 5.75 Å². The number of hydrogen-bond acceptors (Lipinski definition) is 3. The monoisotopic (exact) mass is 338 g/mol. The molecular formula is C20H22N2O3. The molecule has 0 radical (unpaired) electrons. The van der Waals surface area contributed by atoms with Gasteiger partial charge in [-0.25, -0.2) is 0 Å². The van der Waals surface area contributed by atoms with Gasteiger partial charge in [0.1, 0.15) is 11.8 Å². The van der Waals surface area contributed by atoms with Crippen LogP contribution in [0, 0.1) is 13.8 Å². The van der Waals surface area contributed by atoms with Crippen molar-refractivity contribution >= 4 is 17.5 Å². The second-order valence-corrected chi connectivity index (χ2v) is 6.31. The van der Waals surface area contributed by atoms with Gasteiger partial charge in [0.25, 0.3) is 5.91 Å². The lowest BCUT2D eigenvalue weighted by Gasteiger charge is -2.18. The van der Waals surface area contributed by atoms with Gasteiger partial charge in [-0.05, 0) is 61.7 Å². The lowest BCUT2D eigenvalue weighted by Crippen LogP contribution is -2.41. The van der Waals surface area contributed by atoms with Crippen molar-refractivity contribution < 1.29 is 14.3 Å². The quantitative estimate of drug-likeness (QED) is 0.932. The van der Waals surface area contributed by atoms with E-state index >= 15 is 0 Å². The molecule has 1 N–H and O–H groups in total. The molecule has 1 aliphatic rings. The molecule has 1 saturated heterocycles. The summed E-state index contributed by atoms with van der Waals surface area (Å²) in [5, 5.41) is 2.84. The molecule has 1 atom stereocenters. The van der Waals surface area contributed by atoms with E-state index in [4.69, 9.17) is 4.74 Å². The van der Waals surface area contributed by atoms with E-state index < -0.39 is 6.04 Å². The predicted octanol–water partition coefficient (Wildman–Crippen LogP) is 2.85. The number of hydrogen-bond donors (Lipinski definition) is 1. The highest BCUT2D eigenvalue weighted by molar-refractivity contribution is 6.04. The van der Waals surface area contributed by atoms with Crippen molar-refractivity contribution in [2.45, 2.75) is 26.3 Å². The van der Waals surface area contributed by atoms with Gasteiger partial charge in [0.15, 0.2) is 0 Å². The highest BCUT2D eigenvalue weighted by Gasteiger charge is 2.33. The molecule has 1 unspecified atom stereocenters. The second-order valence-electron chi connectivity index (χ2n) is 6.31. The number of methoxy groups -OCH3 is 1. The Bertz CT molecular complexity index is 816. The summed E-state index contributed by atoms with van der Waals surface area (Å²) in [6.45, 7) is 4.67.